The molecule has 0 spiro atoms. The molecule has 0 aromatic heterocycles. The lowest BCUT2D eigenvalue weighted by Crippen LogP contribution is -2.65. The number of allylic oxidation sites excluding steroid dienone is 2. The molecule has 24 atom stereocenters. The van der Waals surface area contributed by atoms with Crippen LogP contribution in [0.5, 0.6) is 0 Å². The quantitative estimate of drug-likeness (QED) is 0.0919. The first-order chi connectivity index (χ1) is 30.9. The number of rotatable bonds is 13. The van der Waals surface area contributed by atoms with Crippen LogP contribution in [0.15, 0.2) is 24.3 Å². The Morgan fingerprint density at radius 2 is 1.32 bits per heavy atom. The lowest BCUT2D eigenvalue weighted by molar-refractivity contribution is -0.361. The van der Waals surface area contributed by atoms with Crippen LogP contribution < -0.4 is 0 Å². The number of aliphatic hydroxyl groups is 9. The Labute approximate surface area is 386 Å². The summed E-state index contributed by atoms with van der Waals surface area (Å²) in [5.41, 5.74) is 0.426. The molecule has 7 rings (SSSR count). The maximum atomic E-state index is 14.9. The zero-order valence-corrected chi connectivity index (χ0v) is 39.2. The average Bonchev–Trinajstić information content (AvgIpc) is 3.67. The summed E-state index contributed by atoms with van der Waals surface area (Å²) in [6.45, 7) is 19.9. The molecule has 3 aliphatic heterocycles. The van der Waals surface area contributed by atoms with Crippen molar-refractivity contribution >= 4 is 11.9 Å². The number of carbonyl (C=O) groups excluding carboxylic acids is 1. The predicted molar refractivity (Wildman–Crippen MR) is 231 cm³/mol. The standard InChI is InChI=1S/C48H76O18/c1-21(2)24-11-16-48(18-17-46(7)26(31(24)48)9-10-29-45(6,14-13-30(50)51)25(22(3)4)12-15-47(29,46)8)44(60)66-43-38(58)35(55)33(53)28(64-43)20-61-41-39(59)36(56)40(27(19-49)63-41)65-42-37(57)34(54)32(52)23(5)62-42/h23-29,31-43,49,52-59H,1,3,9-20H2,2,4-8H3,(H,50,51)/t23-,24-,25-,26+,27+,28+,29+,31-,32-,33+,34+,35-,36+,37+,38+,39+,40+,41+,42-,43-,45+,46+,47+,48-/m0/s1. The monoisotopic (exact) mass is 941 g/mol. The summed E-state index contributed by atoms with van der Waals surface area (Å²) in [6, 6.07) is 0. The van der Waals surface area contributed by atoms with E-state index in [4.69, 9.17) is 28.4 Å². The molecule has 7 fully saturated rings. The van der Waals surface area contributed by atoms with Gasteiger partial charge in [-0.2, -0.15) is 0 Å². The van der Waals surface area contributed by atoms with Crippen LogP contribution in [0.1, 0.15) is 106 Å². The number of hydrogen-bond donors (Lipinski definition) is 10. The van der Waals surface area contributed by atoms with E-state index in [1.54, 1.807) is 0 Å². The van der Waals surface area contributed by atoms with Gasteiger partial charge in [0.25, 0.3) is 0 Å². The molecular formula is C48H76O18. The molecule has 7 aliphatic rings. The van der Waals surface area contributed by atoms with Crippen molar-refractivity contribution in [1.82, 2.24) is 0 Å². The first-order valence-electron chi connectivity index (χ1n) is 23.9. The van der Waals surface area contributed by atoms with Gasteiger partial charge in [0.1, 0.15) is 67.1 Å². The zero-order chi connectivity index (χ0) is 48.6. The molecule has 0 aromatic rings. The van der Waals surface area contributed by atoms with Crippen molar-refractivity contribution in [3.8, 4) is 0 Å². The highest BCUT2D eigenvalue weighted by Crippen LogP contribution is 2.76. The number of hydrogen-bond acceptors (Lipinski definition) is 17. The molecule has 0 radical (unpaired) electrons. The first-order valence-corrected chi connectivity index (χ1v) is 23.9. The van der Waals surface area contributed by atoms with Crippen LogP contribution >= 0.6 is 0 Å². The summed E-state index contributed by atoms with van der Waals surface area (Å²) in [5, 5.41) is 106. The highest BCUT2D eigenvalue weighted by Gasteiger charge is 2.71. The van der Waals surface area contributed by atoms with Gasteiger partial charge < -0.3 is 79.5 Å². The minimum Gasteiger partial charge on any atom is -0.481 e. The second-order valence-corrected chi connectivity index (χ2v) is 21.8. The maximum Gasteiger partial charge on any atom is 0.314 e. The number of carboxylic acids is 1. The van der Waals surface area contributed by atoms with Gasteiger partial charge in [-0.05, 0) is 124 Å². The second kappa shape index (κ2) is 19.2. The molecule has 10 N–H and O–H groups in total. The SMILES string of the molecule is C=C(C)[C@@H]1CC[C@]2(C(=O)O[C@@H]3O[C@H](CO[C@@H]4O[C@H](CO)[C@@H](O[C@@H]5O[C@@H](C)[C@H](O)[C@@H](O)[C@H]5O)[C@H](O)[C@H]4O)[C@@H](O)[C@H](O)[C@H]3O)CC[C@]3(C)[C@H](CC[C@@H]4[C@](C)(CCC(=O)O)[C@H](C(=C)C)CC[C@]43C)[C@H]12. The Bertz CT molecular complexity index is 1800. The molecule has 4 aliphatic carbocycles. The predicted octanol–water partition coefficient (Wildman–Crippen LogP) is 1.28. The molecule has 376 valence electrons. The van der Waals surface area contributed by atoms with Crippen molar-refractivity contribution in [1.29, 1.82) is 0 Å². The summed E-state index contributed by atoms with van der Waals surface area (Å²) >= 11 is 0. The Morgan fingerprint density at radius 1 is 0.682 bits per heavy atom. The van der Waals surface area contributed by atoms with Gasteiger partial charge in [0.2, 0.25) is 6.29 Å². The topological polar surface area (TPSA) is 292 Å². The number of esters is 1. The number of ether oxygens (including phenoxy) is 6. The second-order valence-electron chi connectivity index (χ2n) is 21.8. The molecule has 4 saturated carbocycles. The molecule has 18 nitrogen and oxygen atoms in total. The van der Waals surface area contributed by atoms with Gasteiger partial charge >= 0.3 is 11.9 Å². The Balaban J connectivity index is 1.06. The molecule has 3 heterocycles. The smallest absolute Gasteiger partial charge is 0.314 e. The average molecular weight is 941 g/mol. The number of carbonyl (C=O) groups is 2. The maximum absolute atomic E-state index is 14.9. The zero-order valence-electron chi connectivity index (χ0n) is 39.2. The van der Waals surface area contributed by atoms with Crippen molar-refractivity contribution in [2.45, 2.75) is 198 Å². The van der Waals surface area contributed by atoms with Crippen LogP contribution in [0.25, 0.3) is 0 Å². The summed E-state index contributed by atoms with van der Waals surface area (Å²) < 4.78 is 34.7. The number of carboxylic acid groups (broad SMARTS) is 1. The molecule has 0 unspecified atom stereocenters. The Morgan fingerprint density at radius 3 is 1.95 bits per heavy atom. The van der Waals surface area contributed by atoms with E-state index >= 15 is 0 Å². The van der Waals surface area contributed by atoms with E-state index in [-0.39, 0.29) is 52.3 Å². The van der Waals surface area contributed by atoms with Crippen LogP contribution in [0.3, 0.4) is 0 Å². The molecule has 3 saturated heterocycles. The molecule has 66 heavy (non-hydrogen) atoms. The van der Waals surface area contributed by atoms with E-state index in [0.717, 1.165) is 36.8 Å². The largest absolute Gasteiger partial charge is 0.481 e. The van der Waals surface area contributed by atoms with E-state index in [1.807, 2.05) is 6.92 Å². The van der Waals surface area contributed by atoms with Crippen LogP contribution in [0.2, 0.25) is 0 Å². The van der Waals surface area contributed by atoms with Crippen LogP contribution in [0.4, 0.5) is 0 Å². The van der Waals surface area contributed by atoms with Gasteiger partial charge in [0.05, 0.1) is 24.7 Å². The lowest BCUT2D eigenvalue weighted by Gasteiger charge is -2.70. The van der Waals surface area contributed by atoms with Gasteiger partial charge in [-0.15, -0.1) is 0 Å². The third-order valence-electron chi connectivity index (χ3n) is 18.4. The fourth-order valence-corrected chi connectivity index (χ4v) is 14.6. The normalized spacial score (nSPS) is 51.5. The van der Waals surface area contributed by atoms with E-state index in [1.165, 1.54) is 6.92 Å². The highest BCUT2D eigenvalue weighted by molar-refractivity contribution is 5.78. The molecule has 0 bridgehead atoms. The van der Waals surface area contributed by atoms with Crippen molar-refractivity contribution in [3.63, 3.8) is 0 Å². The molecular weight excluding hydrogens is 865 g/mol. The minimum absolute atomic E-state index is 0.00608. The van der Waals surface area contributed by atoms with E-state index in [2.05, 4.69) is 40.9 Å². The first kappa shape index (κ1) is 51.7. The van der Waals surface area contributed by atoms with Gasteiger partial charge in [-0.25, -0.2) is 0 Å². The van der Waals surface area contributed by atoms with Gasteiger partial charge in [-0.1, -0.05) is 45.1 Å². The molecule has 18 heteroatoms. The third-order valence-corrected chi connectivity index (χ3v) is 18.4. The minimum atomic E-state index is -1.86. The van der Waals surface area contributed by atoms with Crippen LogP contribution in [0, 0.1) is 51.2 Å². The number of aliphatic hydroxyl groups excluding tert-OH is 9. The number of aliphatic carboxylic acids is 1. The highest BCUT2D eigenvalue weighted by atomic mass is 16.8. The Kier molecular flexibility index (Phi) is 15.1. The summed E-state index contributed by atoms with van der Waals surface area (Å²) in [5.74, 6) is -1.02. The van der Waals surface area contributed by atoms with Crippen molar-refractivity contribution in [3.05, 3.63) is 24.3 Å². The van der Waals surface area contributed by atoms with Crippen LogP contribution in [-0.4, -0.2) is 168 Å². The number of fused-ring (bicyclic) bond motifs is 5. The van der Waals surface area contributed by atoms with Gasteiger partial charge in [-0.3, -0.25) is 9.59 Å². The summed E-state index contributed by atoms with van der Waals surface area (Å²) in [6.07, 6.45) is -17.7. The third kappa shape index (κ3) is 8.53. The lowest BCUT2D eigenvalue weighted by atomic mass is 9.34. The fourth-order valence-electron chi connectivity index (χ4n) is 14.6. The fraction of sp³-hybridized carbons (Fsp3) is 0.875. The van der Waals surface area contributed by atoms with E-state index in [9.17, 15) is 60.7 Å². The van der Waals surface area contributed by atoms with E-state index < -0.39 is 123 Å². The van der Waals surface area contributed by atoms with Crippen molar-refractivity contribution in [2.75, 3.05) is 13.2 Å². The van der Waals surface area contributed by atoms with Crippen molar-refractivity contribution in [2.24, 2.45) is 51.2 Å². The molecule has 0 aromatic carbocycles. The molecule has 0 amide bonds. The van der Waals surface area contributed by atoms with Gasteiger partial charge in [0.15, 0.2) is 12.6 Å². The summed E-state index contributed by atoms with van der Waals surface area (Å²) in [7, 11) is 0. The summed E-state index contributed by atoms with van der Waals surface area (Å²) in [4.78, 5) is 26.9. The van der Waals surface area contributed by atoms with Crippen LogP contribution in [-0.2, 0) is 38.0 Å². The Hall–Kier alpha value is -2.14. The van der Waals surface area contributed by atoms with Crippen molar-refractivity contribution < 1.29 is 89.1 Å². The van der Waals surface area contributed by atoms with E-state index in [0.29, 0.717) is 32.1 Å². The van der Waals surface area contributed by atoms with Gasteiger partial charge in [0, 0.05) is 6.42 Å².